The number of anilines is 1. The van der Waals surface area contributed by atoms with Gasteiger partial charge in [0.2, 0.25) is 0 Å². The molecule has 0 atom stereocenters. The Morgan fingerprint density at radius 2 is 1.86 bits per heavy atom. The minimum Gasteiger partial charge on any atom is -0.444 e. The molecular formula is C25H18BrN5O5. The summed E-state index contributed by atoms with van der Waals surface area (Å²) in [5.74, 6) is 0.550. The second-order valence-electron chi connectivity index (χ2n) is 7.82. The summed E-state index contributed by atoms with van der Waals surface area (Å²) in [6, 6.07) is 16.8. The number of oxazole rings is 1. The van der Waals surface area contributed by atoms with Crippen LogP contribution in [0.4, 0.5) is 11.4 Å². The summed E-state index contributed by atoms with van der Waals surface area (Å²) < 4.78 is 7.24. The smallest absolute Gasteiger partial charge is 0.295 e. The fourth-order valence-electron chi connectivity index (χ4n) is 3.95. The number of halogens is 1. The number of aliphatic hydroxyl groups is 1. The molecule has 3 aromatic carbocycles. The zero-order valence-electron chi connectivity index (χ0n) is 18.6. The molecule has 0 aliphatic heterocycles. The number of aliphatic hydroxyl groups excluding tert-OH is 1. The maximum absolute atomic E-state index is 13.5. The number of hydrogen-bond donors (Lipinski definition) is 2. The summed E-state index contributed by atoms with van der Waals surface area (Å²) >= 11 is 3.53. The standard InChI is InChI=1S/C25H18BrN5O5/c26-17-10-15(23-13-27-14-36-23)9-16(11-17)24-19-3-1-2-4-20(19)25(33)30(29-24)22-12-18(28-7-8-32)5-6-21(22)31(34)35/h1-6,9-14,28,32H,7-8H2. The Balaban J connectivity index is 1.79. The first-order valence-electron chi connectivity index (χ1n) is 10.8. The highest BCUT2D eigenvalue weighted by molar-refractivity contribution is 9.10. The normalized spacial score (nSPS) is 11.1. The second-order valence-corrected chi connectivity index (χ2v) is 8.73. The van der Waals surface area contributed by atoms with Crippen LogP contribution in [0.1, 0.15) is 0 Å². The zero-order valence-corrected chi connectivity index (χ0v) is 20.2. The minimum atomic E-state index is -0.560. The molecule has 2 heterocycles. The first kappa shape index (κ1) is 23.4. The third kappa shape index (κ3) is 4.37. The van der Waals surface area contributed by atoms with E-state index in [1.165, 1.54) is 24.6 Å². The van der Waals surface area contributed by atoms with Crippen LogP contribution < -0.4 is 10.9 Å². The Kier molecular flexibility index (Phi) is 6.32. The quantitative estimate of drug-likeness (QED) is 0.219. The lowest BCUT2D eigenvalue weighted by Gasteiger charge is -2.14. The summed E-state index contributed by atoms with van der Waals surface area (Å²) in [7, 11) is 0. The predicted molar refractivity (Wildman–Crippen MR) is 138 cm³/mol. The van der Waals surface area contributed by atoms with Gasteiger partial charge in [0.1, 0.15) is 5.69 Å². The van der Waals surface area contributed by atoms with Crippen LogP contribution in [0.15, 0.2) is 86.9 Å². The van der Waals surface area contributed by atoms with Gasteiger partial charge in [-0.3, -0.25) is 14.9 Å². The maximum atomic E-state index is 13.5. The van der Waals surface area contributed by atoms with E-state index >= 15 is 0 Å². The molecule has 0 bridgehead atoms. The molecule has 0 saturated carbocycles. The van der Waals surface area contributed by atoms with E-state index in [4.69, 9.17) is 9.52 Å². The molecule has 0 radical (unpaired) electrons. The molecule has 180 valence electrons. The third-order valence-corrected chi connectivity index (χ3v) is 5.99. The highest BCUT2D eigenvalue weighted by atomic mass is 79.9. The Bertz CT molecular complexity index is 1650. The monoisotopic (exact) mass is 547 g/mol. The molecule has 36 heavy (non-hydrogen) atoms. The van der Waals surface area contributed by atoms with Crippen molar-refractivity contribution in [3.05, 3.63) is 98.2 Å². The van der Waals surface area contributed by atoms with Crippen molar-refractivity contribution in [2.75, 3.05) is 18.5 Å². The Hall–Kier alpha value is -4.35. The highest BCUT2D eigenvalue weighted by Gasteiger charge is 2.21. The number of nitrogens with one attached hydrogen (secondary N) is 1. The summed E-state index contributed by atoms with van der Waals surface area (Å²) in [4.78, 5) is 28.8. The van der Waals surface area contributed by atoms with Crippen molar-refractivity contribution in [1.82, 2.24) is 14.8 Å². The summed E-state index contributed by atoms with van der Waals surface area (Å²) in [5, 5.41) is 29.5. The molecule has 10 nitrogen and oxygen atoms in total. The molecule has 11 heteroatoms. The zero-order chi connectivity index (χ0) is 25.2. The lowest BCUT2D eigenvalue weighted by atomic mass is 10.0. The van der Waals surface area contributed by atoms with Crippen LogP contribution in [-0.4, -0.2) is 37.9 Å². The van der Waals surface area contributed by atoms with E-state index < -0.39 is 10.5 Å². The largest absolute Gasteiger partial charge is 0.444 e. The first-order chi connectivity index (χ1) is 17.5. The summed E-state index contributed by atoms with van der Waals surface area (Å²) in [6.07, 6.45) is 2.92. The Morgan fingerprint density at radius 3 is 2.58 bits per heavy atom. The SMILES string of the molecule is O=c1c2ccccc2c(-c2cc(Br)cc(-c3cnco3)c2)nn1-c1cc(NCCO)ccc1[N+](=O)[O-]. The van der Waals surface area contributed by atoms with Gasteiger partial charge in [-0.1, -0.05) is 34.1 Å². The number of nitrogens with zero attached hydrogens (tertiary/aromatic N) is 4. The van der Waals surface area contributed by atoms with Crippen LogP contribution in [0.2, 0.25) is 0 Å². The van der Waals surface area contributed by atoms with Gasteiger partial charge in [0.15, 0.2) is 12.2 Å². The predicted octanol–water partition coefficient (Wildman–Crippen LogP) is 4.78. The Labute approximate surface area is 212 Å². The van der Waals surface area contributed by atoms with Gasteiger partial charge >= 0.3 is 0 Å². The Morgan fingerprint density at radius 1 is 1.08 bits per heavy atom. The average molecular weight is 548 g/mol. The van der Waals surface area contributed by atoms with Crippen LogP contribution in [0.3, 0.4) is 0 Å². The van der Waals surface area contributed by atoms with Gasteiger partial charge < -0.3 is 14.8 Å². The number of nitro groups is 1. The lowest BCUT2D eigenvalue weighted by molar-refractivity contribution is -0.384. The second kappa shape index (κ2) is 9.72. The summed E-state index contributed by atoms with van der Waals surface area (Å²) in [6.45, 7) is 0.117. The van der Waals surface area contributed by atoms with Crippen LogP contribution >= 0.6 is 15.9 Å². The van der Waals surface area contributed by atoms with Crippen molar-refractivity contribution in [2.45, 2.75) is 0 Å². The van der Waals surface area contributed by atoms with Crippen molar-refractivity contribution in [3.63, 3.8) is 0 Å². The number of fused-ring (bicyclic) bond motifs is 1. The molecule has 0 spiro atoms. The topological polar surface area (TPSA) is 136 Å². The highest BCUT2D eigenvalue weighted by Crippen LogP contribution is 2.33. The van der Waals surface area contributed by atoms with Gasteiger partial charge in [0.25, 0.3) is 11.2 Å². The summed E-state index contributed by atoms with van der Waals surface area (Å²) in [5.41, 5.74) is 1.59. The molecule has 0 unspecified atom stereocenters. The van der Waals surface area contributed by atoms with Gasteiger partial charge in [-0.2, -0.15) is 9.78 Å². The van der Waals surface area contributed by atoms with Crippen LogP contribution in [0.5, 0.6) is 0 Å². The molecule has 0 fully saturated rings. The van der Waals surface area contributed by atoms with Crippen molar-refractivity contribution in [2.24, 2.45) is 0 Å². The first-order valence-corrected chi connectivity index (χ1v) is 11.6. The number of rotatable bonds is 7. The van der Waals surface area contributed by atoms with Gasteiger partial charge in [0, 0.05) is 39.3 Å². The molecule has 0 amide bonds. The van der Waals surface area contributed by atoms with Crippen molar-refractivity contribution in [1.29, 1.82) is 0 Å². The average Bonchev–Trinajstić information content (AvgIpc) is 3.42. The van der Waals surface area contributed by atoms with E-state index in [1.54, 1.807) is 30.5 Å². The van der Waals surface area contributed by atoms with Gasteiger partial charge in [0.05, 0.1) is 28.8 Å². The molecule has 5 aromatic rings. The van der Waals surface area contributed by atoms with E-state index in [-0.39, 0.29) is 24.5 Å². The van der Waals surface area contributed by atoms with Gasteiger partial charge in [-0.15, -0.1) is 0 Å². The maximum Gasteiger partial charge on any atom is 0.295 e. The van der Waals surface area contributed by atoms with Crippen molar-refractivity contribution >= 4 is 38.1 Å². The van der Waals surface area contributed by atoms with E-state index in [9.17, 15) is 14.9 Å². The molecule has 5 rings (SSSR count). The molecule has 0 saturated heterocycles. The van der Waals surface area contributed by atoms with E-state index in [1.807, 2.05) is 18.2 Å². The minimum absolute atomic E-state index is 0.00500. The molecular weight excluding hydrogens is 530 g/mol. The van der Waals surface area contributed by atoms with Crippen molar-refractivity contribution < 1.29 is 14.4 Å². The number of nitro benzene ring substituents is 1. The number of hydrogen-bond acceptors (Lipinski definition) is 8. The molecule has 0 aliphatic rings. The fraction of sp³-hybridized carbons (Fsp3) is 0.0800. The van der Waals surface area contributed by atoms with Crippen LogP contribution in [0.25, 0.3) is 39.0 Å². The van der Waals surface area contributed by atoms with Crippen LogP contribution in [0, 0.1) is 10.1 Å². The van der Waals surface area contributed by atoms with Gasteiger partial charge in [-0.25, -0.2) is 4.98 Å². The molecule has 2 N–H and O–H groups in total. The van der Waals surface area contributed by atoms with Crippen molar-refractivity contribution in [3.8, 4) is 28.3 Å². The van der Waals surface area contributed by atoms with E-state index in [0.717, 1.165) is 14.7 Å². The van der Waals surface area contributed by atoms with Crippen LogP contribution in [-0.2, 0) is 0 Å². The molecule has 2 aromatic heterocycles. The van der Waals surface area contributed by atoms with E-state index in [0.29, 0.717) is 33.5 Å². The molecule has 0 aliphatic carbocycles. The third-order valence-electron chi connectivity index (χ3n) is 5.53. The van der Waals surface area contributed by atoms with Gasteiger partial charge in [-0.05, 0) is 36.4 Å². The van der Waals surface area contributed by atoms with E-state index in [2.05, 4.69) is 31.3 Å². The number of benzene rings is 3. The fourth-order valence-corrected chi connectivity index (χ4v) is 4.44. The lowest BCUT2D eigenvalue weighted by Crippen LogP contribution is -2.23. The number of aromatic nitrogens is 3.